The lowest BCUT2D eigenvalue weighted by atomic mass is 9.89. The number of fused-ring (bicyclic) bond motifs is 2. The average molecular weight is 276 g/mol. The van der Waals surface area contributed by atoms with Crippen LogP contribution in [0.2, 0.25) is 0 Å². The molecule has 3 rings (SSSR count). The van der Waals surface area contributed by atoms with Gasteiger partial charge in [0.05, 0.1) is 5.69 Å². The summed E-state index contributed by atoms with van der Waals surface area (Å²) in [6, 6.07) is 7.62. The van der Waals surface area contributed by atoms with Crippen LogP contribution in [0.15, 0.2) is 24.3 Å². The molecule has 1 amide bonds. The Bertz CT molecular complexity index is 493. The molecule has 0 aromatic heterocycles. The van der Waals surface area contributed by atoms with Crippen molar-refractivity contribution in [3.63, 3.8) is 0 Å². The lowest BCUT2D eigenvalue weighted by Crippen LogP contribution is -2.40. The molecule has 2 bridgehead atoms. The number of hydrogen-bond donors (Lipinski definition) is 1. The first-order valence-corrected chi connectivity index (χ1v) is 7.40. The Hall–Kier alpha value is -1.42. The van der Waals surface area contributed by atoms with Crippen LogP contribution in [0.3, 0.4) is 0 Å². The van der Waals surface area contributed by atoms with E-state index in [0.717, 1.165) is 12.8 Å². The molecule has 0 radical (unpaired) electrons. The highest BCUT2D eigenvalue weighted by molar-refractivity contribution is 5.93. The van der Waals surface area contributed by atoms with E-state index >= 15 is 0 Å². The third-order valence-corrected chi connectivity index (χ3v) is 4.62. The van der Waals surface area contributed by atoms with Crippen molar-refractivity contribution >= 4 is 11.6 Å². The summed E-state index contributed by atoms with van der Waals surface area (Å²) in [5.74, 6) is 0.116. The van der Waals surface area contributed by atoms with E-state index in [1.807, 2.05) is 0 Å². The zero-order chi connectivity index (χ0) is 14.1. The van der Waals surface area contributed by atoms with Gasteiger partial charge in [0.1, 0.15) is 5.82 Å². The Kier molecular flexibility index (Phi) is 3.74. The zero-order valence-electron chi connectivity index (χ0n) is 11.8. The van der Waals surface area contributed by atoms with Crippen LogP contribution < -0.4 is 10.2 Å². The van der Waals surface area contributed by atoms with Gasteiger partial charge in [0, 0.05) is 25.6 Å². The summed E-state index contributed by atoms with van der Waals surface area (Å²) in [6.07, 6.45) is 5.15. The number of anilines is 1. The fraction of sp³-hybridized carbons (Fsp3) is 0.562. The number of rotatable bonds is 3. The second kappa shape index (κ2) is 5.52. The van der Waals surface area contributed by atoms with Crippen LogP contribution >= 0.6 is 0 Å². The van der Waals surface area contributed by atoms with E-state index in [9.17, 15) is 9.18 Å². The van der Waals surface area contributed by atoms with E-state index in [-0.39, 0.29) is 11.7 Å². The molecule has 3 nitrogen and oxygen atoms in total. The minimum Gasteiger partial charge on any atom is -0.313 e. The second-order valence-corrected chi connectivity index (χ2v) is 6.08. The van der Waals surface area contributed by atoms with E-state index in [4.69, 9.17) is 0 Å². The monoisotopic (exact) mass is 276 g/mol. The van der Waals surface area contributed by atoms with Gasteiger partial charge in [-0.15, -0.1) is 0 Å². The average Bonchev–Trinajstić information content (AvgIpc) is 2.77. The molecule has 2 aliphatic heterocycles. The predicted octanol–water partition coefficient (Wildman–Crippen LogP) is 2.71. The number of nitrogens with zero attached hydrogens (tertiary/aromatic N) is 1. The van der Waals surface area contributed by atoms with Gasteiger partial charge in [-0.05, 0) is 43.7 Å². The van der Waals surface area contributed by atoms with Crippen molar-refractivity contribution in [3.8, 4) is 0 Å². The lowest BCUT2D eigenvalue weighted by molar-refractivity contribution is -0.119. The molecule has 2 heterocycles. The van der Waals surface area contributed by atoms with Crippen LogP contribution in [-0.4, -0.2) is 25.0 Å². The molecule has 1 aromatic carbocycles. The summed E-state index contributed by atoms with van der Waals surface area (Å²) >= 11 is 0. The molecule has 0 aliphatic carbocycles. The quantitative estimate of drug-likeness (QED) is 0.920. The molecule has 0 saturated carbocycles. The van der Waals surface area contributed by atoms with Gasteiger partial charge < -0.3 is 10.2 Å². The molecule has 2 unspecified atom stereocenters. The number of carbonyl (C=O) groups is 1. The first-order valence-electron chi connectivity index (χ1n) is 7.40. The van der Waals surface area contributed by atoms with E-state index in [2.05, 4.69) is 5.32 Å². The van der Waals surface area contributed by atoms with Crippen molar-refractivity contribution in [1.29, 1.82) is 0 Å². The maximum atomic E-state index is 13.7. The number of halogens is 1. The van der Waals surface area contributed by atoms with Crippen LogP contribution in [0.25, 0.3) is 0 Å². The van der Waals surface area contributed by atoms with Gasteiger partial charge in [0.2, 0.25) is 5.91 Å². The van der Waals surface area contributed by atoms with Crippen molar-refractivity contribution in [1.82, 2.24) is 5.32 Å². The Morgan fingerprint density at radius 3 is 2.60 bits per heavy atom. The van der Waals surface area contributed by atoms with Crippen LogP contribution in [0.1, 0.15) is 32.1 Å². The summed E-state index contributed by atoms with van der Waals surface area (Å²) in [7, 11) is 1.66. The normalized spacial score (nSPS) is 28.4. The summed E-state index contributed by atoms with van der Waals surface area (Å²) in [4.78, 5) is 13.8. The van der Waals surface area contributed by atoms with E-state index < -0.39 is 0 Å². The zero-order valence-corrected chi connectivity index (χ0v) is 11.8. The fourth-order valence-corrected chi connectivity index (χ4v) is 3.58. The first-order chi connectivity index (χ1) is 9.63. The topological polar surface area (TPSA) is 32.3 Å². The molecular formula is C16H21FN2O. The summed E-state index contributed by atoms with van der Waals surface area (Å²) < 4.78 is 13.7. The number of hydrogen-bond acceptors (Lipinski definition) is 2. The lowest BCUT2D eigenvalue weighted by Gasteiger charge is -2.30. The highest BCUT2D eigenvalue weighted by Gasteiger charge is 2.34. The molecule has 2 saturated heterocycles. The van der Waals surface area contributed by atoms with Crippen LogP contribution in [0, 0.1) is 11.7 Å². The Morgan fingerprint density at radius 1 is 1.30 bits per heavy atom. The molecule has 0 spiro atoms. The Balaban J connectivity index is 1.63. The SMILES string of the molecule is CN(C(=O)CC1CC2CCC(C1)N2)c1ccccc1F. The van der Waals surface area contributed by atoms with Gasteiger partial charge in [0.15, 0.2) is 0 Å². The Morgan fingerprint density at radius 2 is 1.95 bits per heavy atom. The maximum absolute atomic E-state index is 13.7. The minimum atomic E-state index is -0.339. The van der Waals surface area contributed by atoms with Crippen molar-refractivity contribution in [2.24, 2.45) is 5.92 Å². The minimum absolute atomic E-state index is 0.0152. The first kappa shape index (κ1) is 13.6. The highest BCUT2D eigenvalue weighted by atomic mass is 19.1. The van der Waals surface area contributed by atoms with E-state index in [1.165, 1.54) is 23.8 Å². The van der Waals surface area contributed by atoms with Crippen LogP contribution in [0.5, 0.6) is 0 Å². The third-order valence-electron chi connectivity index (χ3n) is 4.62. The molecule has 1 N–H and O–H groups in total. The summed E-state index contributed by atoms with van der Waals surface area (Å²) in [6.45, 7) is 0. The molecule has 1 aromatic rings. The van der Waals surface area contributed by atoms with Gasteiger partial charge in [-0.3, -0.25) is 4.79 Å². The number of para-hydroxylation sites is 1. The molecule has 2 aliphatic rings. The second-order valence-electron chi connectivity index (χ2n) is 6.08. The third kappa shape index (κ3) is 2.70. The van der Waals surface area contributed by atoms with Crippen molar-refractivity contribution in [2.75, 3.05) is 11.9 Å². The van der Waals surface area contributed by atoms with Gasteiger partial charge in [-0.1, -0.05) is 12.1 Å². The van der Waals surface area contributed by atoms with Crippen molar-refractivity contribution < 1.29 is 9.18 Å². The molecule has 2 atom stereocenters. The van der Waals surface area contributed by atoms with Crippen LogP contribution in [0.4, 0.5) is 10.1 Å². The Labute approximate surface area is 119 Å². The van der Waals surface area contributed by atoms with Crippen LogP contribution in [-0.2, 0) is 4.79 Å². The number of piperidine rings is 1. The van der Waals surface area contributed by atoms with Gasteiger partial charge in [-0.2, -0.15) is 0 Å². The maximum Gasteiger partial charge on any atom is 0.227 e. The number of nitrogens with one attached hydrogen (secondary N) is 1. The highest BCUT2D eigenvalue weighted by Crippen LogP contribution is 2.33. The molecule has 2 fully saturated rings. The van der Waals surface area contributed by atoms with E-state index in [0.29, 0.717) is 30.1 Å². The molecular weight excluding hydrogens is 255 g/mol. The number of amides is 1. The molecule has 20 heavy (non-hydrogen) atoms. The predicted molar refractivity (Wildman–Crippen MR) is 77.1 cm³/mol. The number of benzene rings is 1. The van der Waals surface area contributed by atoms with E-state index in [1.54, 1.807) is 25.2 Å². The smallest absolute Gasteiger partial charge is 0.227 e. The van der Waals surface area contributed by atoms with Crippen molar-refractivity contribution in [2.45, 2.75) is 44.2 Å². The van der Waals surface area contributed by atoms with Gasteiger partial charge in [-0.25, -0.2) is 4.39 Å². The molecule has 4 heteroatoms. The summed E-state index contributed by atoms with van der Waals surface area (Å²) in [5, 5.41) is 3.58. The van der Waals surface area contributed by atoms with Gasteiger partial charge in [0.25, 0.3) is 0 Å². The standard InChI is InChI=1S/C16H21FN2O/c1-19(15-5-3-2-4-14(15)17)16(20)10-11-8-12-6-7-13(9-11)18-12/h2-5,11-13,18H,6-10H2,1H3. The largest absolute Gasteiger partial charge is 0.313 e. The van der Waals surface area contributed by atoms with Gasteiger partial charge >= 0.3 is 0 Å². The van der Waals surface area contributed by atoms with Crippen molar-refractivity contribution in [3.05, 3.63) is 30.1 Å². The molecule has 108 valence electrons. The summed E-state index contributed by atoms with van der Waals surface area (Å²) in [5.41, 5.74) is 0.370. The number of carbonyl (C=O) groups excluding carboxylic acids is 1. The fourth-order valence-electron chi connectivity index (χ4n) is 3.58.